The van der Waals surface area contributed by atoms with Crippen LogP contribution in [-0.2, 0) is 12.0 Å². The number of thiophene rings is 1. The average molecular weight is 237 g/mol. The van der Waals surface area contributed by atoms with E-state index >= 15 is 0 Å². The van der Waals surface area contributed by atoms with E-state index in [2.05, 4.69) is 4.98 Å². The van der Waals surface area contributed by atoms with E-state index in [0.29, 0.717) is 12.0 Å². The molecular formula is C12H12FNOS. The molecule has 2 aromatic heterocycles. The van der Waals surface area contributed by atoms with Gasteiger partial charge in [-0.3, -0.25) is 4.98 Å². The Bertz CT molecular complexity index is 468. The molecule has 0 bridgehead atoms. The lowest BCUT2D eigenvalue weighted by Gasteiger charge is -2.22. The second-order valence-electron chi connectivity index (χ2n) is 3.97. The number of pyridine rings is 1. The summed E-state index contributed by atoms with van der Waals surface area (Å²) >= 11 is 1.58. The van der Waals surface area contributed by atoms with Gasteiger partial charge in [-0.15, -0.1) is 0 Å². The highest BCUT2D eigenvalue weighted by atomic mass is 32.1. The van der Waals surface area contributed by atoms with Crippen LogP contribution in [0.4, 0.5) is 4.39 Å². The van der Waals surface area contributed by atoms with Gasteiger partial charge in [0.2, 0.25) is 0 Å². The highest BCUT2D eigenvalue weighted by Crippen LogP contribution is 2.25. The summed E-state index contributed by atoms with van der Waals surface area (Å²) in [4.78, 5) is 3.75. The van der Waals surface area contributed by atoms with Crippen molar-refractivity contribution in [1.82, 2.24) is 4.98 Å². The zero-order valence-corrected chi connectivity index (χ0v) is 9.67. The summed E-state index contributed by atoms with van der Waals surface area (Å²) < 4.78 is 13.0. The third-order valence-electron chi connectivity index (χ3n) is 2.46. The molecule has 16 heavy (non-hydrogen) atoms. The Labute approximate surface area is 97.4 Å². The topological polar surface area (TPSA) is 33.1 Å². The van der Waals surface area contributed by atoms with E-state index in [1.54, 1.807) is 18.3 Å². The minimum atomic E-state index is -1.09. The molecule has 0 aliphatic carbocycles. The first-order valence-electron chi connectivity index (χ1n) is 4.92. The second-order valence-corrected chi connectivity index (χ2v) is 4.75. The number of aliphatic hydroxyl groups is 1. The number of hydrogen-bond acceptors (Lipinski definition) is 3. The average Bonchev–Trinajstić information content (AvgIpc) is 2.70. The predicted octanol–water partition coefficient (Wildman–Crippen LogP) is 2.73. The van der Waals surface area contributed by atoms with Crippen molar-refractivity contribution in [2.45, 2.75) is 18.9 Å². The Morgan fingerprint density at radius 2 is 2.31 bits per heavy atom. The number of aromatic nitrogens is 1. The third-order valence-corrected chi connectivity index (χ3v) is 3.19. The van der Waals surface area contributed by atoms with Crippen LogP contribution < -0.4 is 0 Å². The fourth-order valence-electron chi connectivity index (χ4n) is 1.60. The highest BCUT2D eigenvalue weighted by molar-refractivity contribution is 7.07. The SMILES string of the molecule is CC(O)(Cc1ccsc1)c1cncc(F)c1. The fraction of sp³-hybridized carbons (Fsp3) is 0.250. The maximum absolute atomic E-state index is 13.0. The molecule has 0 fully saturated rings. The third kappa shape index (κ3) is 2.46. The number of nitrogens with zero attached hydrogens (tertiary/aromatic N) is 1. The lowest BCUT2D eigenvalue weighted by molar-refractivity contribution is 0.0570. The summed E-state index contributed by atoms with van der Waals surface area (Å²) in [6, 6.07) is 3.27. The molecule has 0 saturated carbocycles. The first kappa shape index (κ1) is 11.2. The molecule has 0 spiro atoms. The molecule has 1 N–H and O–H groups in total. The van der Waals surface area contributed by atoms with Crippen LogP contribution in [0.15, 0.2) is 35.3 Å². The number of rotatable bonds is 3. The fourth-order valence-corrected chi connectivity index (χ4v) is 2.27. The molecule has 1 atom stereocenters. The van der Waals surface area contributed by atoms with Gasteiger partial charge in [-0.25, -0.2) is 4.39 Å². The van der Waals surface area contributed by atoms with Crippen LogP contribution in [0.1, 0.15) is 18.1 Å². The second kappa shape index (κ2) is 4.31. The lowest BCUT2D eigenvalue weighted by Crippen LogP contribution is -2.24. The standard InChI is InChI=1S/C12H12FNOS/c1-12(15,5-9-2-3-16-8-9)10-4-11(13)7-14-6-10/h2-4,6-8,15H,5H2,1H3. The minimum Gasteiger partial charge on any atom is -0.385 e. The molecule has 0 aliphatic rings. The van der Waals surface area contributed by atoms with Crippen LogP contribution >= 0.6 is 11.3 Å². The van der Waals surface area contributed by atoms with Crippen LogP contribution in [0.5, 0.6) is 0 Å². The summed E-state index contributed by atoms with van der Waals surface area (Å²) in [5, 5.41) is 14.2. The summed E-state index contributed by atoms with van der Waals surface area (Å²) in [6.45, 7) is 1.67. The zero-order valence-electron chi connectivity index (χ0n) is 8.85. The molecule has 2 nitrogen and oxygen atoms in total. The van der Waals surface area contributed by atoms with Gasteiger partial charge in [0, 0.05) is 18.2 Å². The van der Waals surface area contributed by atoms with Crippen LogP contribution in [-0.4, -0.2) is 10.1 Å². The van der Waals surface area contributed by atoms with E-state index in [4.69, 9.17) is 0 Å². The van der Waals surface area contributed by atoms with Crippen LogP contribution in [0.3, 0.4) is 0 Å². The van der Waals surface area contributed by atoms with Gasteiger partial charge in [-0.2, -0.15) is 11.3 Å². The number of halogens is 1. The molecular weight excluding hydrogens is 225 g/mol. The van der Waals surface area contributed by atoms with E-state index in [9.17, 15) is 9.50 Å². The monoisotopic (exact) mass is 237 g/mol. The van der Waals surface area contributed by atoms with Gasteiger partial charge in [0.05, 0.1) is 11.8 Å². The Morgan fingerprint density at radius 3 is 2.94 bits per heavy atom. The molecule has 2 heterocycles. The van der Waals surface area contributed by atoms with Gasteiger partial charge in [0.25, 0.3) is 0 Å². The van der Waals surface area contributed by atoms with Gasteiger partial charge in [0.15, 0.2) is 0 Å². The Balaban J connectivity index is 2.24. The highest BCUT2D eigenvalue weighted by Gasteiger charge is 2.24. The van der Waals surface area contributed by atoms with Gasteiger partial charge < -0.3 is 5.11 Å². The molecule has 0 saturated heterocycles. The molecule has 0 aliphatic heterocycles. The normalized spacial score (nSPS) is 14.7. The van der Waals surface area contributed by atoms with E-state index in [-0.39, 0.29) is 0 Å². The smallest absolute Gasteiger partial charge is 0.141 e. The molecule has 0 amide bonds. The van der Waals surface area contributed by atoms with Crippen molar-refractivity contribution in [3.05, 3.63) is 52.2 Å². The Morgan fingerprint density at radius 1 is 1.50 bits per heavy atom. The summed E-state index contributed by atoms with van der Waals surface area (Å²) in [7, 11) is 0. The van der Waals surface area contributed by atoms with E-state index in [1.165, 1.54) is 12.3 Å². The molecule has 0 radical (unpaired) electrons. The van der Waals surface area contributed by atoms with Gasteiger partial charge in [0.1, 0.15) is 5.82 Å². The Hall–Kier alpha value is -1.26. The first-order valence-corrected chi connectivity index (χ1v) is 5.87. The van der Waals surface area contributed by atoms with Crippen molar-refractivity contribution in [2.75, 3.05) is 0 Å². The quantitative estimate of drug-likeness (QED) is 0.890. The Kier molecular flexibility index (Phi) is 3.03. The van der Waals surface area contributed by atoms with E-state index in [0.717, 1.165) is 11.8 Å². The van der Waals surface area contributed by atoms with Crippen LogP contribution in [0, 0.1) is 5.82 Å². The van der Waals surface area contributed by atoms with Crippen molar-refractivity contribution >= 4 is 11.3 Å². The maximum Gasteiger partial charge on any atom is 0.141 e. The largest absolute Gasteiger partial charge is 0.385 e. The van der Waals surface area contributed by atoms with Crippen LogP contribution in [0.25, 0.3) is 0 Å². The summed E-state index contributed by atoms with van der Waals surface area (Å²) in [6.07, 6.45) is 3.08. The van der Waals surface area contributed by atoms with E-state index in [1.807, 2.05) is 16.8 Å². The molecule has 2 aromatic rings. The van der Waals surface area contributed by atoms with Crippen molar-refractivity contribution in [1.29, 1.82) is 0 Å². The van der Waals surface area contributed by atoms with Gasteiger partial charge in [-0.05, 0) is 35.4 Å². The molecule has 0 aromatic carbocycles. The van der Waals surface area contributed by atoms with Crippen molar-refractivity contribution in [2.24, 2.45) is 0 Å². The molecule has 1 unspecified atom stereocenters. The lowest BCUT2D eigenvalue weighted by atomic mass is 9.91. The van der Waals surface area contributed by atoms with Crippen molar-refractivity contribution < 1.29 is 9.50 Å². The molecule has 2 rings (SSSR count). The minimum absolute atomic E-state index is 0.428. The molecule has 84 valence electrons. The molecule has 4 heteroatoms. The van der Waals surface area contributed by atoms with E-state index < -0.39 is 11.4 Å². The predicted molar refractivity (Wildman–Crippen MR) is 61.8 cm³/mol. The first-order chi connectivity index (χ1) is 7.58. The van der Waals surface area contributed by atoms with Crippen molar-refractivity contribution in [3.8, 4) is 0 Å². The van der Waals surface area contributed by atoms with Gasteiger partial charge in [-0.1, -0.05) is 0 Å². The summed E-state index contributed by atoms with van der Waals surface area (Å²) in [5.41, 5.74) is 0.453. The van der Waals surface area contributed by atoms with Crippen LogP contribution in [0.2, 0.25) is 0 Å². The van der Waals surface area contributed by atoms with Gasteiger partial charge >= 0.3 is 0 Å². The maximum atomic E-state index is 13.0. The van der Waals surface area contributed by atoms with Crippen molar-refractivity contribution in [3.63, 3.8) is 0 Å². The zero-order chi connectivity index (χ0) is 11.6. The number of hydrogen-bond donors (Lipinski definition) is 1. The summed E-state index contributed by atoms with van der Waals surface area (Å²) in [5.74, 6) is -0.428.